The molecule has 0 atom stereocenters. The fourth-order valence-corrected chi connectivity index (χ4v) is 6.89. The molecule has 0 amide bonds. The molecule has 66 heavy (non-hydrogen) atoms. The number of carboxylic acid groups (broad SMARTS) is 2. The smallest absolute Gasteiger partial charge is 0.425 e. The Morgan fingerprint density at radius 1 is 0.621 bits per heavy atom. The number of oxime groups is 2. The minimum Gasteiger partial charge on any atom is -0.489 e. The van der Waals surface area contributed by atoms with E-state index in [-0.39, 0.29) is 25.2 Å². The van der Waals surface area contributed by atoms with Crippen LogP contribution in [0.4, 0.5) is 18.9 Å². The van der Waals surface area contributed by atoms with E-state index in [0.29, 0.717) is 61.7 Å². The Balaban J connectivity index is 1.16. The summed E-state index contributed by atoms with van der Waals surface area (Å²) in [6.07, 6.45) is -3.60. The number of aryl methyl sites for hydroxylation is 2. The monoisotopic (exact) mass is 900 g/mol. The zero-order valence-electron chi connectivity index (χ0n) is 36.4. The first-order valence-corrected chi connectivity index (χ1v) is 21.3. The SMILES string of the molecule is CN(CCON=C(c1ccccc1)c1cccc(COc2ccc(CCC(=O)O)cc2)c1)Cc1ccc(C(=NOCC(F)(F)F)c2ccccc2)cc1CNc1ccc(CCC(=O)O)cc1. The lowest BCUT2D eigenvalue weighted by atomic mass is 9.97. The summed E-state index contributed by atoms with van der Waals surface area (Å²) >= 11 is 0. The van der Waals surface area contributed by atoms with Gasteiger partial charge in [0, 0.05) is 60.4 Å². The lowest BCUT2D eigenvalue weighted by Gasteiger charge is -2.20. The Bertz CT molecular complexity index is 2550. The first-order valence-electron chi connectivity index (χ1n) is 21.3. The molecule has 0 unspecified atom stereocenters. The molecule has 0 radical (unpaired) electrons. The second-order valence-electron chi connectivity index (χ2n) is 15.5. The van der Waals surface area contributed by atoms with Crippen LogP contribution in [0.2, 0.25) is 0 Å². The summed E-state index contributed by atoms with van der Waals surface area (Å²) in [6, 6.07) is 47.1. The van der Waals surface area contributed by atoms with E-state index in [9.17, 15) is 22.8 Å². The maximum Gasteiger partial charge on any atom is 0.425 e. The Morgan fingerprint density at radius 3 is 1.77 bits per heavy atom. The van der Waals surface area contributed by atoms with Gasteiger partial charge in [-0.2, -0.15) is 13.2 Å². The van der Waals surface area contributed by atoms with Gasteiger partial charge in [-0.05, 0) is 84.1 Å². The van der Waals surface area contributed by atoms with Crippen molar-refractivity contribution in [2.45, 2.75) is 51.6 Å². The number of likely N-dealkylation sites (N-methyl/N-ethyl adjacent to an activating group) is 1. The first-order chi connectivity index (χ1) is 31.9. The van der Waals surface area contributed by atoms with Gasteiger partial charge in [0.1, 0.15) is 30.4 Å². The van der Waals surface area contributed by atoms with Crippen molar-refractivity contribution in [2.24, 2.45) is 10.3 Å². The number of nitrogens with one attached hydrogen (secondary N) is 1. The highest BCUT2D eigenvalue weighted by Crippen LogP contribution is 2.23. The number of nitrogens with zero attached hydrogens (tertiary/aromatic N) is 3. The molecule has 0 aliphatic carbocycles. The summed E-state index contributed by atoms with van der Waals surface area (Å²) in [5, 5.41) is 30.1. The van der Waals surface area contributed by atoms with Crippen LogP contribution in [0, 0.1) is 0 Å². The van der Waals surface area contributed by atoms with Crippen molar-refractivity contribution in [3.05, 3.63) is 202 Å². The minimum atomic E-state index is -4.56. The molecule has 6 aromatic carbocycles. The number of hydrogen-bond donors (Lipinski definition) is 3. The standard InChI is InChI=1S/C52H51F3N4O7/c1-59(29-30-65-57-50(40-10-4-2-5-11-40)42-14-8-9-39(31-42)35-64-47-25-17-38(18-26-47)20-28-49(62)63)34-44-22-21-43(51(41-12-6-3-7-13-41)58-66-36-52(53,54)55)32-45(44)33-56-46-23-15-37(16-24-46)19-27-48(60)61/h2-18,21-26,31-32,56H,19-20,27-30,33-36H2,1H3,(H,60,61)(H,62,63). The van der Waals surface area contributed by atoms with Crippen LogP contribution < -0.4 is 10.1 Å². The molecule has 0 aliphatic heterocycles. The lowest BCUT2D eigenvalue weighted by molar-refractivity contribution is -0.173. The van der Waals surface area contributed by atoms with Gasteiger partial charge < -0.3 is 29.9 Å². The molecular weight excluding hydrogens is 850 g/mol. The summed E-state index contributed by atoms with van der Waals surface area (Å²) in [7, 11) is 1.96. The predicted molar refractivity (Wildman–Crippen MR) is 248 cm³/mol. The molecule has 342 valence electrons. The lowest BCUT2D eigenvalue weighted by Crippen LogP contribution is -2.23. The van der Waals surface area contributed by atoms with Gasteiger partial charge in [0.2, 0.25) is 6.61 Å². The van der Waals surface area contributed by atoms with E-state index in [4.69, 9.17) is 24.6 Å². The third-order valence-corrected chi connectivity index (χ3v) is 10.3. The number of ether oxygens (including phenoxy) is 1. The number of carboxylic acids is 2. The highest BCUT2D eigenvalue weighted by atomic mass is 19.4. The zero-order valence-corrected chi connectivity index (χ0v) is 36.4. The maximum atomic E-state index is 13.1. The molecule has 14 heteroatoms. The molecule has 0 fully saturated rings. The highest BCUT2D eigenvalue weighted by Gasteiger charge is 2.29. The Hall–Kier alpha value is -7.45. The molecule has 0 aromatic heterocycles. The van der Waals surface area contributed by atoms with Crippen LogP contribution in [0.1, 0.15) is 62.9 Å². The molecule has 3 N–H and O–H groups in total. The molecule has 0 spiro atoms. The van der Waals surface area contributed by atoms with Gasteiger partial charge in [0.05, 0.1) is 0 Å². The average molecular weight is 901 g/mol. The predicted octanol–water partition coefficient (Wildman–Crippen LogP) is 10.1. The summed E-state index contributed by atoms with van der Waals surface area (Å²) < 4.78 is 45.3. The molecule has 0 aliphatic rings. The number of benzene rings is 6. The number of anilines is 1. The van der Waals surface area contributed by atoms with Gasteiger partial charge in [-0.1, -0.05) is 126 Å². The normalized spacial score (nSPS) is 11.9. The molecular formula is C52H51F3N4O7. The molecule has 11 nitrogen and oxygen atoms in total. The van der Waals surface area contributed by atoms with Crippen LogP contribution in [0.5, 0.6) is 5.75 Å². The number of halogens is 3. The molecule has 6 rings (SSSR count). The van der Waals surface area contributed by atoms with Crippen molar-refractivity contribution in [3.8, 4) is 5.75 Å². The molecule has 0 saturated heterocycles. The number of alkyl halides is 3. The number of carbonyl (C=O) groups is 2. The van der Waals surface area contributed by atoms with E-state index >= 15 is 0 Å². The quantitative estimate of drug-likeness (QED) is 0.0307. The largest absolute Gasteiger partial charge is 0.489 e. The summed E-state index contributed by atoms with van der Waals surface area (Å²) in [6.45, 7) is 0.409. The van der Waals surface area contributed by atoms with Crippen LogP contribution in [-0.4, -0.2) is 71.5 Å². The van der Waals surface area contributed by atoms with Crippen molar-refractivity contribution in [1.29, 1.82) is 0 Å². The van der Waals surface area contributed by atoms with E-state index in [2.05, 4.69) is 20.5 Å². The summed E-state index contributed by atoms with van der Waals surface area (Å²) in [4.78, 5) is 34.9. The summed E-state index contributed by atoms with van der Waals surface area (Å²) in [5.74, 6) is -1.03. The van der Waals surface area contributed by atoms with E-state index in [0.717, 1.165) is 44.6 Å². The van der Waals surface area contributed by atoms with E-state index < -0.39 is 24.7 Å². The van der Waals surface area contributed by atoms with Crippen LogP contribution in [0.15, 0.2) is 162 Å². The van der Waals surface area contributed by atoms with Crippen molar-refractivity contribution >= 4 is 29.0 Å². The number of rotatable bonds is 24. The van der Waals surface area contributed by atoms with Gasteiger partial charge in [-0.25, -0.2) is 0 Å². The number of hydrogen-bond acceptors (Lipinski definition) is 9. The molecule has 0 saturated carbocycles. The van der Waals surface area contributed by atoms with E-state index in [1.807, 2.05) is 134 Å². The fraction of sp³-hybridized carbons (Fsp3) is 0.231. The minimum absolute atomic E-state index is 0.0301. The fourth-order valence-electron chi connectivity index (χ4n) is 6.89. The van der Waals surface area contributed by atoms with Crippen molar-refractivity contribution in [1.82, 2.24) is 4.90 Å². The van der Waals surface area contributed by atoms with Crippen LogP contribution in [0.3, 0.4) is 0 Å². The maximum absolute atomic E-state index is 13.1. The molecule has 0 bridgehead atoms. The Morgan fingerprint density at radius 2 is 1.18 bits per heavy atom. The van der Waals surface area contributed by atoms with Gasteiger partial charge in [-0.15, -0.1) is 0 Å². The van der Waals surface area contributed by atoms with Gasteiger partial charge in [0.15, 0.2) is 0 Å². The van der Waals surface area contributed by atoms with Gasteiger partial charge in [-0.3, -0.25) is 14.5 Å². The molecule has 6 aromatic rings. The van der Waals surface area contributed by atoms with Crippen molar-refractivity contribution in [3.63, 3.8) is 0 Å². The van der Waals surface area contributed by atoms with Crippen LogP contribution >= 0.6 is 0 Å². The van der Waals surface area contributed by atoms with Gasteiger partial charge >= 0.3 is 18.1 Å². The second kappa shape index (κ2) is 24.0. The highest BCUT2D eigenvalue weighted by molar-refractivity contribution is 6.13. The Labute approximate surface area is 381 Å². The van der Waals surface area contributed by atoms with Gasteiger partial charge in [0.25, 0.3) is 0 Å². The van der Waals surface area contributed by atoms with E-state index in [1.165, 1.54) is 0 Å². The van der Waals surface area contributed by atoms with Crippen LogP contribution in [-0.2, 0) is 51.8 Å². The third kappa shape index (κ3) is 15.7. The third-order valence-electron chi connectivity index (χ3n) is 10.3. The van der Waals surface area contributed by atoms with E-state index in [1.54, 1.807) is 24.3 Å². The first kappa shape index (κ1) is 48.0. The average Bonchev–Trinajstić information content (AvgIpc) is 3.31. The Kier molecular flexibility index (Phi) is 17.5. The topological polar surface area (TPSA) is 142 Å². The van der Waals surface area contributed by atoms with Crippen molar-refractivity contribution in [2.75, 3.05) is 32.1 Å². The molecule has 0 heterocycles. The number of aliphatic carboxylic acids is 2. The van der Waals surface area contributed by atoms with Crippen LogP contribution in [0.25, 0.3) is 0 Å². The summed E-state index contributed by atoms with van der Waals surface area (Å²) in [5.41, 5.74) is 9.15. The zero-order chi connectivity index (χ0) is 46.7. The van der Waals surface area contributed by atoms with Crippen molar-refractivity contribution < 1.29 is 47.4 Å². The second-order valence-corrected chi connectivity index (χ2v) is 15.5.